The number of aldehydes is 1. The molecule has 0 aliphatic heterocycles. The van der Waals surface area contributed by atoms with E-state index < -0.39 is 0 Å². The number of hydrogen-bond donors (Lipinski definition) is 0. The maximum absolute atomic E-state index is 11.5. The summed E-state index contributed by atoms with van der Waals surface area (Å²) >= 11 is 0. The fourth-order valence-corrected chi connectivity index (χ4v) is 2.71. The van der Waals surface area contributed by atoms with Gasteiger partial charge in [-0.15, -0.1) is 0 Å². The van der Waals surface area contributed by atoms with Gasteiger partial charge in [0.2, 0.25) is 0 Å². The van der Waals surface area contributed by atoms with Gasteiger partial charge in [0.1, 0.15) is 5.75 Å². The minimum atomic E-state index is 0.679. The number of rotatable bonds is 3. The van der Waals surface area contributed by atoms with E-state index in [-0.39, 0.29) is 0 Å². The number of carbonyl (C=O) groups excluding carboxylic acids is 1. The van der Waals surface area contributed by atoms with Crippen LogP contribution in [-0.2, 0) is 0 Å². The second-order valence-corrected chi connectivity index (χ2v) is 5.24. The van der Waals surface area contributed by atoms with Crippen LogP contribution >= 0.6 is 0 Å². The lowest BCUT2D eigenvalue weighted by molar-refractivity contribution is 0.111. The molecule has 3 heteroatoms. The number of hydrogen-bond acceptors (Lipinski definition) is 2. The standard InChI is InChI=1S/C18H17NO2/c1-12-6-7-19-14(8-12)10-17(18(19)11-20)16-5-4-15(21-3)9-13(16)2/h4-11H,1-3H3. The smallest absolute Gasteiger partial charge is 0.167 e. The Hall–Kier alpha value is -2.55. The summed E-state index contributed by atoms with van der Waals surface area (Å²) in [4.78, 5) is 11.5. The highest BCUT2D eigenvalue weighted by Gasteiger charge is 2.13. The molecule has 0 bridgehead atoms. The predicted octanol–water partition coefficient (Wildman–Crippen LogP) is 4.04. The summed E-state index contributed by atoms with van der Waals surface area (Å²) in [5, 5.41) is 0. The van der Waals surface area contributed by atoms with Gasteiger partial charge in [0.05, 0.1) is 12.8 Å². The van der Waals surface area contributed by atoms with Crippen molar-refractivity contribution in [2.24, 2.45) is 0 Å². The van der Waals surface area contributed by atoms with E-state index in [2.05, 4.69) is 12.1 Å². The number of pyridine rings is 1. The van der Waals surface area contributed by atoms with Gasteiger partial charge in [0.15, 0.2) is 6.29 Å². The number of nitrogens with zero attached hydrogens (tertiary/aromatic N) is 1. The highest BCUT2D eigenvalue weighted by atomic mass is 16.5. The van der Waals surface area contributed by atoms with E-state index in [9.17, 15) is 4.79 Å². The molecule has 0 saturated carbocycles. The quantitative estimate of drug-likeness (QED) is 0.677. The molecule has 0 atom stereocenters. The summed E-state index contributed by atoms with van der Waals surface area (Å²) in [6, 6.07) is 12.1. The molecule has 1 aromatic carbocycles. The number of methoxy groups -OCH3 is 1. The van der Waals surface area contributed by atoms with E-state index in [1.165, 1.54) is 5.56 Å². The van der Waals surface area contributed by atoms with Crippen LogP contribution < -0.4 is 4.74 Å². The molecule has 21 heavy (non-hydrogen) atoms. The molecule has 0 fully saturated rings. The van der Waals surface area contributed by atoms with Crippen LogP contribution in [0.15, 0.2) is 42.6 Å². The van der Waals surface area contributed by atoms with Crippen LogP contribution in [0.3, 0.4) is 0 Å². The molecule has 3 aromatic rings. The Bertz CT molecular complexity index is 831. The largest absolute Gasteiger partial charge is 0.497 e. The molecule has 0 N–H and O–H groups in total. The van der Waals surface area contributed by atoms with Crippen molar-refractivity contribution >= 4 is 11.8 Å². The third kappa shape index (κ3) is 2.21. The molecule has 0 aliphatic carbocycles. The molecule has 3 rings (SSSR count). The third-order valence-corrected chi connectivity index (χ3v) is 3.80. The van der Waals surface area contributed by atoms with Gasteiger partial charge in [-0.1, -0.05) is 6.07 Å². The van der Waals surface area contributed by atoms with Gasteiger partial charge in [0.25, 0.3) is 0 Å². The predicted molar refractivity (Wildman–Crippen MR) is 84.2 cm³/mol. The first kappa shape index (κ1) is 13.4. The highest BCUT2D eigenvalue weighted by Crippen LogP contribution is 2.31. The summed E-state index contributed by atoms with van der Waals surface area (Å²) in [6.07, 6.45) is 2.86. The molecule has 0 unspecified atom stereocenters. The molecule has 0 saturated heterocycles. The summed E-state index contributed by atoms with van der Waals surface area (Å²) in [6.45, 7) is 4.08. The van der Waals surface area contributed by atoms with E-state index >= 15 is 0 Å². The zero-order valence-corrected chi connectivity index (χ0v) is 12.4. The van der Waals surface area contributed by atoms with Gasteiger partial charge in [-0.3, -0.25) is 4.79 Å². The number of aromatic nitrogens is 1. The van der Waals surface area contributed by atoms with E-state index in [1.807, 2.05) is 48.7 Å². The summed E-state index contributed by atoms with van der Waals surface area (Å²) in [5.41, 5.74) is 5.98. The normalized spacial score (nSPS) is 10.8. The maximum atomic E-state index is 11.5. The van der Waals surface area contributed by atoms with Crippen LogP contribution in [0, 0.1) is 13.8 Å². The van der Waals surface area contributed by atoms with Crippen molar-refractivity contribution in [2.45, 2.75) is 13.8 Å². The number of ether oxygens (including phenoxy) is 1. The fourth-order valence-electron chi connectivity index (χ4n) is 2.71. The van der Waals surface area contributed by atoms with Crippen LogP contribution in [0.25, 0.3) is 16.6 Å². The number of aryl methyl sites for hydroxylation is 2. The Kier molecular flexibility index (Phi) is 3.26. The minimum absolute atomic E-state index is 0.679. The second-order valence-electron chi connectivity index (χ2n) is 5.24. The minimum Gasteiger partial charge on any atom is -0.497 e. The van der Waals surface area contributed by atoms with Crippen LogP contribution in [0.5, 0.6) is 5.75 Å². The first-order valence-corrected chi connectivity index (χ1v) is 6.86. The lowest BCUT2D eigenvalue weighted by Crippen LogP contribution is -1.93. The summed E-state index contributed by atoms with van der Waals surface area (Å²) in [7, 11) is 1.65. The van der Waals surface area contributed by atoms with Gasteiger partial charge in [-0.25, -0.2) is 0 Å². The highest BCUT2D eigenvalue weighted by molar-refractivity contribution is 5.90. The van der Waals surface area contributed by atoms with Crippen molar-refractivity contribution in [1.29, 1.82) is 0 Å². The van der Waals surface area contributed by atoms with Crippen molar-refractivity contribution < 1.29 is 9.53 Å². The molecule has 0 radical (unpaired) electrons. The van der Waals surface area contributed by atoms with Crippen LogP contribution in [0.2, 0.25) is 0 Å². The molecule has 0 aliphatic rings. The average Bonchev–Trinajstić information content (AvgIpc) is 2.84. The van der Waals surface area contributed by atoms with Gasteiger partial charge in [0, 0.05) is 17.3 Å². The van der Waals surface area contributed by atoms with Gasteiger partial charge >= 0.3 is 0 Å². The first-order chi connectivity index (χ1) is 10.1. The molecule has 2 heterocycles. The third-order valence-electron chi connectivity index (χ3n) is 3.80. The SMILES string of the molecule is COc1ccc(-c2cc3cc(C)ccn3c2C=O)c(C)c1. The van der Waals surface area contributed by atoms with E-state index in [0.29, 0.717) is 5.69 Å². The van der Waals surface area contributed by atoms with Gasteiger partial charge in [-0.2, -0.15) is 0 Å². The molecule has 106 valence electrons. The Balaban J connectivity index is 2.27. The first-order valence-electron chi connectivity index (χ1n) is 6.86. The zero-order chi connectivity index (χ0) is 15.0. The number of fused-ring (bicyclic) bond motifs is 1. The lowest BCUT2D eigenvalue weighted by atomic mass is 10.0. The van der Waals surface area contributed by atoms with Crippen molar-refractivity contribution in [3.05, 3.63) is 59.4 Å². The van der Waals surface area contributed by atoms with Crippen molar-refractivity contribution in [3.8, 4) is 16.9 Å². The van der Waals surface area contributed by atoms with E-state index in [4.69, 9.17) is 4.74 Å². The van der Waals surface area contributed by atoms with Crippen LogP contribution in [0.4, 0.5) is 0 Å². The fraction of sp³-hybridized carbons (Fsp3) is 0.167. The van der Waals surface area contributed by atoms with E-state index in [0.717, 1.165) is 34.2 Å². The Morgan fingerprint density at radius 1 is 1.05 bits per heavy atom. The average molecular weight is 279 g/mol. The zero-order valence-electron chi connectivity index (χ0n) is 12.4. The lowest BCUT2D eigenvalue weighted by Gasteiger charge is -2.07. The molecular weight excluding hydrogens is 262 g/mol. The van der Waals surface area contributed by atoms with E-state index in [1.54, 1.807) is 7.11 Å². The van der Waals surface area contributed by atoms with Crippen molar-refractivity contribution in [2.75, 3.05) is 7.11 Å². The summed E-state index contributed by atoms with van der Waals surface area (Å²) in [5.74, 6) is 0.823. The molecule has 0 spiro atoms. The molecular formula is C18H17NO2. The Morgan fingerprint density at radius 3 is 2.52 bits per heavy atom. The Labute approximate surface area is 123 Å². The maximum Gasteiger partial charge on any atom is 0.167 e. The monoisotopic (exact) mass is 279 g/mol. The van der Waals surface area contributed by atoms with Crippen LogP contribution in [0.1, 0.15) is 21.6 Å². The molecule has 2 aromatic heterocycles. The number of carbonyl (C=O) groups is 1. The van der Waals surface area contributed by atoms with Gasteiger partial charge < -0.3 is 9.14 Å². The molecule has 3 nitrogen and oxygen atoms in total. The van der Waals surface area contributed by atoms with Gasteiger partial charge in [-0.05, 0) is 60.9 Å². The van der Waals surface area contributed by atoms with Crippen molar-refractivity contribution in [3.63, 3.8) is 0 Å². The van der Waals surface area contributed by atoms with Crippen LogP contribution in [-0.4, -0.2) is 17.8 Å². The molecule has 0 amide bonds. The topological polar surface area (TPSA) is 30.7 Å². The number of benzene rings is 1. The second kappa shape index (κ2) is 5.09. The summed E-state index contributed by atoms with van der Waals surface area (Å²) < 4.78 is 7.17. The Morgan fingerprint density at radius 2 is 1.86 bits per heavy atom. The van der Waals surface area contributed by atoms with Crippen molar-refractivity contribution in [1.82, 2.24) is 4.40 Å².